The van der Waals surface area contributed by atoms with Crippen LogP contribution in [0.1, 0.15) is 5.56 Å². The van der Waals surface area contributed by atoms with Crippen molar-refractivity contribution in [1.82, 2.24) is 14.8 Å². The molecule has 146 valence electrons. The van der Waals surface area contributed by atoms with Gasteiger partial charge < -0.3 is 9.47 Å². The second-order valence-electron chi connectivity index (χ2n) is 6.31. The molecule has 0 aliphatic rings. The molecule has 29 heavy (non-hydrogen) atoms. The molecule has 0 atom stereocenters. The first-order valence-corrected chi connectivity index (χ1v) is 10.2. The first kappa shape index (κ1) is 19.1. The van der Waals surface area contributed by atoms with Crippen LogP contribution in [-0.2, 0) is 5.75 Å². The average Bonchev–Trinajstić information content (AvgIpc) is 3.22. The molecule has 1 aromatic heterocycles. The van der Waals surface area contributed by atoms with Crippen LogP contribution in [0, 0.1) is 0 Å². The molecule has 6 heteroatoms. The number of hydrogen-bond donors (Lipinski definition) is 0. The molecule has 0 radical (unpaired) electrons. The van der Waals surface area contributed by atoms with Gasteiger partial charge in [0.1, 0.15) is 11.5 Å². The van der Waals surface area contributed by atoms with E-state index in [4.69, 9.17) is 9.47 Å². The highest BCUT2D eigenvalue weighted by Crippen LogP contribution is 2.34. The van der Waals surface area contributed by atoms with Gasteiger partial charge in [0.05, 0.1) is 19.8 Å². The summed E-state index contributed by atoms with van der Waals surface area (Å²) in [6.07, 6.45) is 0. The van der Waals surface area contributed by atoms with Gasteiger partial charge in [-0.15, -0.1) is 10.2 Å². The molecule has 0 aliphatic carbocycles. The van der Waals surface area contributed by atoms with Gasteiger partial charge in [-0.05, 0) is 42.0 Å². The summed E-state index contributed by atoms with van der Waals surface area (Å²) >= 11 is 1.65. The number of nitrogens with zero attached hydrogens (tertiary/aromatic N) is 3. The zero-order valence-corrected chi connectivity index (χ0v) is 17.1. The fourth-order valence-corrected chi connectivity index (χ4v) is 3.95. The van der Waals surface area contributed by atoms with Crippen LogP contribution in [-0.4, -0.2) is 29.0 Å². The molecular weight excluding hydrogens is 382 g/mol. The Morgan fingerprint density at radius 1 is 0.793 bits per heavy atom. The molecule has 0 amide bonds. The SMILES string of the molecule is COc1ccc(CSc2nnc(-c3ccccc3OC)n2-c2ccccc2)cc1. The van der Waals surface area contributed by atoms with E-state index in [0.29, 0.717) is 0 Å². The van der Waals surface area contributed by atoms with Crippen LogP contribution >= 0.6 is 11.8 Å². The van der Waals surface area contributed by atoms with E-state index in [9.17, 15) is 0 Å². The monoisotopic (exact) mass is 403 g/mol. The van der Waals surface area contributed by atoms with E-state index in [1.54, 1.807) is 26.0 Å². The number of hydrogen-bond acceptors (Lipinski definition) is 5. The molecule has 0 spiro atoms. The normalized spacial score (nSPS) is 10.7. The van der Waals surface area contributed by atoms with E-state index < -0.39 is 0 Å². The number of methoxy groups -OCH3 is 2. The Kier molecular flexibility index (Phi) is 5.81. The molecule has 0 N–H and O–H groups in total. The number of para-hydroxylation sites is 2. The minimum atomic E-state index is 0.755. The summed E-state index contributed by atoms with van der Waals surface area (Å²) in [6, 6.07) is 26.1. The summed E-state index contributed by atoms with van der Waals surface area (Å²) in [6.45, 7) is 0. The second kappa shape index (κ2) is 8.84. The van der Waals surface area contributed by atoms with E-state index in [0.717, 1.165) is 39.5 Å². The highest BCUT2D eigenvalue weighted by atomic mass is 32.2. The summed E-state index contributed by atoms with van der Waals surface area (Å²) in [4.78, 5) is 0. The Bertz CT molecular complexity index is 1080. The van der Waals surface area contributed by atoms with Gasteiger partial charge in [-0.3, -0.25) is 4.57 Å². The third kappa shape index (κ3) is 4.12. The van der Waals surface area contributed by atoms with Crippen LogP contribution in [0.4, 0.5) is 0 Å². The van der Waals surface area contributed by atoms with E-state index in [2.05, 4.69) is 39.0 Å². The molecule has 4 aromatic rings. The lowest BCUT2D eigenvalue weighted by Gasteiger charge is -2.12. The van der Waals surface area contributed by atoms with Crippen LogP contribution in [0.25, 0.3) is 17.1 Å². The fraction of sp³-hybridized carbons (Fsp3) is 0.130. The maximum absolute atomic E-state index is 5.55. The molecule has 4 rings (SSSR count). The summed E-state index contributed by atoms with van der Waals surface area (Å²) in [5.74, 6) is 3.15. The fourth-order valence-electron chi connectivity index (χ4n) is 3.05. The minimum absolute atomic E-state index is 0.755. The van der Waals surface area contributed by atoms with Crippen molar-refractivity contribution in [2.45, 2.75) is 10.9 Å². The van der Waals surface area contributed by atoms with Crippen molar-refractivity contribution >= 4 is 11.8 Å². The third-order valence-electron chi connectivity index (χ3n) is 4.52. The number of benzene rings is 3. The summed E-state index contributed by atoms with van der Waals surface area (Å²) in [5, 5.41) is 9.82. The van der Waals surface area contributed by atoms with Crippen molar-refractivity contribution in [2.24, 2.45) is 0 Å². The number of rotatable bonds is 7. The van der Waals surface area contributed by atoms with Crippen molar-refractivity contribution < 1.29 is 9.47 Å². The van der Waals surface area contributed by atoms with Crippen molar-refractivity contribution in [3.05, 3.63) is 84.4 Å². The summed E-state index contributed by atoms with van der Waals surface area (Å²) in [7, 11) is 3.34. The summed E-state index contributed by atoms with van der Waals surface area (Å²) in [5.41, 5.74) is 3.11. The quantitative estimate of drug-likeness (QED) is 0.395. The number of ether oxygens (including phenoxy) is 2. The van der Waals surface area contributed by atoms with Gasteiger partial charge in [0.2, 0.25) is 0 Å². The molecule has 0 unspecified atom stereocenters. The van der Waals surface area contributed by atoms with Crippen LogP contribution < -0.4 is 9.47 Å². The zero-order chi connectivity index (χ0) is 20.1. The maximum atomic E-state index is 5.55. The highest BCUT2D eigenvalue weighted by molar-refractivity contribution is 7.98. The second-order valence-corrected chi connectivity index (χ2v) is 7.26. The Morgan fingerprint density at radius 3 is 2.24 bits per heavy atom. The van der Waals surface area contributed by atoms with E-state index in [1.165, 1.54) is 5.56 Å². The van der Waals surface area contributed by atoms with Crippen LogP contribution in [0.2, 0.25) is 0 Å². The molecule has 3 aromatic carbocycles. The van der Waals surface area contributed by atoms with Gasteiger partial charge in [0.15, 0.2) is 11.0 Å². The molecule has 1 heterocycles. The Hall–Kier alpha value is -3.25. The van der Waals surface area contributed by atoms with Crippen molar-refractivity contribution in [2.75, 3.05) is 14.2 Å². The first-order valence-electron chi connectivity index (χ1n) is 9.20. The molecule has 0 aliphatic heterocycles. The molecule has 0 saturated heterocycles. The molecule has 0 saturated carbocycles. The highest BCUT2D eigenvalue weighted by Gasteiger charge is 2.18. The van der Waals surface area contributed by atoms with Gasteiger partial charge in [-0.2, -0.15) is 0 Å². The maximum Gasteiger partial charge on any atom is 0.196 e. The standard InChI is InChI=1S/C23H21N3O2S/c1-27-19-14-12-17(13-15-19)16-29-23-25-24-22(20-10-6-7-11-21(20)28-2)26(23)18-8-4-3-5-9-18/h3-15H,16H2,1-2H3. The lowest BCUT2D eigenvalue weighted by atomic mass is 10.2. The smallest absolute Gasteiger partial charge is 0.196 e. The number of aromatic nitrogens is 3. The molecular formula is C23H21N3O2S. The molecule has 0 fully saturated rings. The van der Waals surface area contributed by atoms with Gasteiger partial charge in [-0.25, -0.2) is 0 Å². The van der Waals surface area contributed by atoms with Gasteiger partial charge in [0.25, 0.3) is 0 Å². The lowest BCUT2D eigenvalue weighted by Crippen LogP contribution is -2.00. The predicted molar refractivity (Wildman–Crippen MR) is 116 cm³/mol. The first-order chi connectivity index (χ1) is 14.3. The largest absolute Gasteiger partial charge is 0.497 e. The average molecular weight is 404 g/mol. The summed E-state index contributed by atoms with van der Waals surface area (Å²) < 4.78 is 12.9. The minimum Gasteiger partial charge on any atom is -0.497 e. The van der Waals surface area contributed by atoms with E-state index in [-0.39, 0.29) is 0 Å². The van der Waals surface area contributed by atoms with Crippen LogP contribution in [0.15, 0.2) is 84.0 Å². The zero-order valence-electron chi connectivity index (χ0n) is 16.3. The topological polar surface area (TPSA) is 49.2 Å². The Labute approximate surface area is 174 Å². The third-order valence-corrected chi connectivity index (χ3v) is 5.52. The van der Waals surface area contributed by atoms with E-state index >= 15 is 0 Å². The lowest BCUT2D eigenvalue weighted by molar-refractivity contribution is 0.414. The van der Waals surface area contributed by atoms with Crippen molar-refractivity contribution in [3.63, 3.8) is 0 Å². The van der Waals surface area contributed by atoms with Crippen molar-refractivity contribution in [1.29, 1.82) is 0 Å². The van der Waals surface area contributed by atoms with Crippen molar-refractivity contribution in [3.8, 4) is 28.6 Å². The van der Waals surface area contributed by atoms with Gasteiger partial charge in [0, 0.05) is 11.4 Å². The Balaban J connectivity index is 1.71. The van der Waals surface area contributed by atoms with Crippen LogP contribution in [0.5, 0.6) is 11.5 Å². The molecule has 0 bridgehead atoms. The number of thioether (sulfide) groups is 1. The molecule has 5 nitrogen and oxygen atoms in total. The predicted octanol–water partition coefficient (Wildman–Crippen LogP) is 5.24. The van der Waals surface area contributed by atoms with Gasteiger partial charge >= 0.3 is 0 Å². The van der Waals surface area contributed by atoms with Gasteiger partial charge in [-0.1, -0.05) is 54.2 Å². The van der Waals surface area contributed by atoms with E-state index in [1.807, 2.05) is 54.6 Å². The Morgan fingerprint density at radius 2 is 1.52 bits per heavy atom. The van der Waals surface area contributed by atoms with Crippen LogP contribution in [0.3, 0.4) is 0 Å².